The SMILES string of the molecule is CCCOC(=O)c1c(NS(=O)(=O)c2ccc(Cl)cc2)sc2c1CCC(C)C2. The molecule has 1 heterocycles. The number of hydrogen-bond acceptors (Lipinski definition) is 5. The first-order chi connectivity index (χ1) is 12.8. The van der Waals surface area contributed by atoms with Crippen LogP contribution in [0.3, 0.4) is 0 Å². The van der Waals surface area contributed by atoms with Crippen LogP contribution >= 0.6 is 22.9 Å². The van der Waals surface area contributed by atoms with E-state index >= 15 is 0 Å². The first kappa shape index (κ1) is 20.2. The Morgan fingerprint density at radius 1 is 1.33 bits per heavy atom. The first-order valence-corrected chi connectivity index (χ1v) is 11.6. The maximum atomic E-state index is 12.8. The van der Waals surface area contributed by atoms with E-state index in [-0.39, 0.29) is 4.90 Å². The summed E-state index contributed by atoms with van der Waals surface area (Å²) in [7, 11) is -3.83. The number of fused-ring (bicyclic) bond motifs is 1. The molecule has 0 saturated carbocycles. The van der Waals surface area contributed by atoms with Gasteiger partial charge in [0.1, 0.15) is 5.00 Å². The van der Waals surface area contributed by atoms with Crippen molar-refractivity contribution in [3.63, 3.8) is 0 Å². The second kappa shape index (κ2) is 8.20. The summed E-state index contributed by atoms with van der Waals surface area (Å²) in [6, 6.07) is 5.92. The molecule has 2 aromatic rings. The zero-order valence-electron chi connectivity index (χ0n) is 15.2. The van der Waals surface area contributed by atoms with Crippen LogP contribution in [-0.4, -0.2) is 21.0 Å². The molecular formula is C19H22ClNO4S2. The molecular weight excluding hydrogens is 406 g/mol. The lowest BCUT2D eigenvalue weighted by Gasteiger charge is -2.18. The summed E-state index contributed by atoms with van der Waals surface area (Å²) >= 11 is 7.18. The van der Waals surface area contributed by atoms with E-state index < -0.39 is 16.0 Å². The third-order valence-corrected chi connectivity index (χ3v) is 7.42. The minimum Gasteiger partial charge on any atom is -0.462 e. The van der Waals surface area contributed by atoms with Crippen molar-refractivity contribution >= 4 is 43.9 Å². The Bertz CT molecular complexity index is 935. The Balaban J connectivity index is 1.98. The number of thiophene rings is 1. The van der Waals surface area contributed by atoms with Gasteiger partial charge in [-0.25, -0.2) is 13.2 Å². The standard InChI is InChI=1S/C19H22ClNO4S2/c1-3-10-25-19(22)17-15-9-4-12(2)11-16(15)26-18(17)21-27(23,24)14-7-5-13(20)6-8-14/h5-8,12,21H,3-4,9-11H2,1-2H3. The Morgan fingerprint density at radius 2 is 2.04 bits per heavy atom. The number of esters is 1. The van der Waals surface area contributed by atoms with Gasteiger partial charge in [0.2, 0.25) is 0 Å². The largest absolute Gasteiger partial charge is 0.462 e. The molecule has 1 unspecified atom stereocenters. The average molecular weight is 428 g/mol. The van der Waals surface area contributed by atoms with E-state index in [2.05, 4.69) is 11.6 Å². The third kappa shape index (κ3) is 4.47. The number of carbonyl (C=O) groups excluding carboxylic acids is 1. The fourth-order valence-corrected chi connectivity index (χ4v) is 5.93. The topological polar surface area (TPSA) is 72.5 Å². The molecule has 0 bridgehead atoms. The van der Waals surface area contributed by atoms with E-state index in [1.807, 2.05) is 6.92 Å². The summed E-state index contributed by atoms with van der Waals surface area (Å²) in [5.74, 6) is 0.0501. The second-order valence-corrected chi connectivity index (χ2v) is 9.98. The molecule has 0 aliphatic heterocycles. The summed E-state index contributed by atoms with van der Waals surface area (Å²) in [5, 5.41) is 0.795. The first-order valence-electron chi connectivity index (χ1n) is 8.92. The van der Waals surface area contributed by atoms with E-state index in [0.29, 0.717) is 34.5 Å². The number of benzene rings is 1. The van der Waals surface area contributed by atoms with Crippen molar-refractivity contribution in [2.45, 2.75) is 44.4 Å². The molecule has 1 aliphatic rings. The zero-order valence-corrected chi connectivity index (χ0v) is 17.6. The van der Waals surface area contributed by atoms with Crippen LogP contribution in [0.4, 0.5) is 5.00 Å². The van der Waals surface area contributed by atoms with Crippen LogP contribution in [-0.2, 0) is 27.6 Å². The minimum atomic E-state index is -3.83. The van der Waals surface area contributed by atoms with Gasteiger partial charge in [0.15, 0.2) is 0 Å². The molecule has 1 aromatic carbocycles. The minimum absolute atomic E-state index is 0.0968. The fourth-order valence-electron chi connectivity index (χ4n) is 3.10. The van der Waals surface area contributed by atoms with Crippen molar-refractivity contribution in [2.75, 3.05) is 11.3 Å². The molecule has 0 amide bonds. The molecule has 8 heteroatoms. The molecule has 27 heavy (non-hydrogen) atoms. The Morgan fingerprint density at radius 3 is 2.70 bits per heavy atom. The Kier molecular flexibility index (Phi) is 6.13. The van der Waals surface area contributed by atoms with Crippen molar-refractivity contribution in [2.24, 2.45) is 5.92 Å². The van der Waals surface area contributed by atoms with Crippen LogP contribution in [0.2, 0.25) is 5.02 Å². The van der Waals surface area contributed by atoms with Gasteiger partial charge >= 0.3 is 5.97 Å². The van der Waals surface area contributed by atoms with Gasteiger partial charge in [-0.3, -0.25) is 4.72 Å². The number of hydrogen-bond donors (Lipinski definition) is 1. The highest BCUT2D eigenvalue weighted by atomic mass is 35.5. The fraction of sp³-hybridized carbons (Fsp3) is 0.421. The number of ether oxygens (including phenoxy) is 1. The summed E-state index contributed by atoms with van der Waals surface area (Å²) in [4.78, 5) is 13.8. The van der Waals surface area contributed by atoms with Gasteiger partial charge in [0, 0.05) is 9.90 Å². The highest BCUT2D eigenvalue weighted by molar-refractivity contribution is 7.93. The van der Waals surface area contributed by atoms with Crippen LogP contribution in [0.1, 0.15) is 47.5 Å². The molecule has 0 spiro atoms. The Labute approximate surface area is 168 Å². The lowest BCUT2D eigenvalue weighted by atomic mass is 9.88. The van der Waals surface area contributed by atoms with E-state index in [0.717, 1.165) is 29.7 Å². The predicted octanol–water partition coefficient (Wildman–Crippen LogP) is 4.89. The normalized spacial score (nSPS) is 16.6. The molecule has 1 aliphatic carbocycles. The maximum absolute atomic E-state index is 12.8. The predicted molar refractivity (Wildman–Crippen MR) is 108 cm³/mol. The number of carbonyl (C=O) groups is 1. The molecule has 146 valence electrons. The molecule has 5 nitrogen and oxygen atoms in total. The van der Waals surface area contributed by atoms with E-state index in [9.17, 15) is 13.2 Å². The van der Waals surface area contributed by atoms with Crippen LogP contribution in [0.25, 0.3) is 0 Å². The van der Waals surface area contributed by atoms with Crippen molar-refractivity contribution < 1.29 is 17.9 Å². The summed E-state index contributed by atoms with van der Waals surface area (Å²) in [6.07, 6.45) is 3.28. The summed E-state index contributed by atoms with van der Waals surface area (Å²) in [5.41, 5.74) is 1.29. The van der Waals surface area contributed by atoms with E-state index in [1.165, 1.54) is 35.6 Å². The number of sulfonamides is 1. The highest BCUT2D eigenvalue weighted by Gasteiger charge is 2.30. The number of halogens is 1. The number of rotatable bonds is 6. The maximum Gasteiger partial charge on any atom is 0.341 e. The van der Waals surface area contributed by atoms with Crippen LogP contribution in [0.5, 0.6) is 0 Å². The van der Waals surface area contributed by atoms with Crippen molar-refractivity contribution in [1.82, 2.24) is 0 Å². The van der Waals surface area contributed by atoms with Gasteiger partial charge < -0.3 is 4.74 Å². The van der Waals surface area contributed by atoms with Crippen LogP contribution < -0.4 is 4.72 Å². The molecule has 0 fully saturated rings. The van der Waals surface area contributed by atoms with Crippen molar-refractivity contribution in [1.29, 1.82) is 0 Å². The quantitative estimate of drug-likeness (QED) is 0.666. The number of nitrogens with one attached hydrogen (secondary N) is 1. The van der Waals surface area contributed by atoms with Crippen molar-refractivity contribution in [3.8, 4) is 0 Å². The third-order valence-electron chi connectivity index (χ3n) is 4.50. The summed E-state index contributed by atoms with van der Waals surface area (Å²) in [6.45, 7) is 4.39. The van der Waals surface area contributed by atoms with Gasteiger partial charge in [-0.15, -0.1) is 11.3 Å². The van der Waals surface area contributed by atoms with E-state index in [1.54, 1.807) is 0 Å². The monoisotopic (exact) mass is 427 g/mol. The second-order valence-electron chi connectivity index (χ2n) is 6.75. The molecule has 0 radical (unpaired) electrons. The lowest BCUT2D eigenvalue weighted by Crippen LogP contribution is -2.17. The highest BCUT2D eigenvalue weighted by Crippen LogP contribution is 2.41. The Hall–Kier alpha value is -1.57. The van der Waals surface area contributed by atoms with Gasteiger partial charge in [0.05, 0.1) is 17.1 Å². The molecule has 1 atom stereocenters. The van der Waals surface area contributed by atoms with Gasteiger partial charge in [-0.05, 0) is 61.4 Å². The molecule has 0 saturated heterocycles. The zero-order chi connectivity index (χ0) is 19.6. The van der Waals surface area contributed by atoms with Gasteiger partial charge in [0.25, 0.3) is 10.0 Å². The molecule has 1 aromatic heterocycles. The lowest BCUT2D eigenvalue weighted by molar-refractivity contribution is 0.0505. The average Bonchev–Trinajstić information content (AvgIpc) is 2.96. The van der Waals surface area contributed by atoms with Crippen molar-refractivity contribution in [3.05, 3.63) is 45.3 Å². The van der Waals surface area contributed by atoms with Crippen LogP contribution in [0.15, 0.2) is 29.2 Å². The van der Waals surface area contributed by atoms with Crippen LogP contribution in [0, 0.1) is 5.92 Å². The number of anilines is 1. The van der Waals surface area contributed by atoms with E-state index in [4.69, 9.17) is 16.3 Å². The molecule has 3 rings (SSSR count). The summed E-state index contributed by atoms with van der Waals surface area (Å²) < 4.78 is 33.5. The van der Waals surface area contributed by atoms with Gasteiger partial charge in [-0.1, -0.05) is 25.4 Å². The molecule has 1 N–H and O–H groups in total. The smallest absolute Gasteiger partial charge is 0.341 e. The van der Waals surface area contributed by atoms with Gasteiger partial charge in [-0.2, -0.15) is 0 Å².